The van der Waals surface area contributed by atoms with Gasteiger partial charge in [-0.05, 0) is 130 Å². The van der Waals surface area contributed by atoms with Crippen molar-refractivity contribution in [3.8, 4) is 39.1 Å². The van der Waals surface area contributed by atoms with Crippen LogP contribution in [0.1, 0.15) is 69.5 Å². The van der Waals surface area contributed by atoms with Crippen LogP contribution in [0.15, 0.2) is 212 Å². The molecule has 0 saturated heterocycles. The molecule has 0 N–H and O–H groups in total. The molecule has 4 aliphatic carbocycles. The van der Waals surface area contributed by atoms with Crippen LogP contribution < -0.4 is 0 Å². The molecule has 0 bridgehead atoms. The molecule has 0 aliphatic heterocycles. The first-order valence-electron chi connectivity index (χ1n) is 22.8. The van der Waals surface area contributed by atoms with Crippen LogP contribution in [0, 0.1) is 0 Å². The molecule has 15 rings (SSSR count). The Bertz CT molecular complexity index is 3800. The zero-order chi connectivity index (χ0) is 42.1. The highest BCUT2D eigenvalue weighted by atomic mass is 15.0. The number of nitrogens with zero attached hydrogens (tertiary/aromatic N) is 1. The molecule has 298 valence electrons. The van der Waals surface area contributed by atoms with Gasteiger partial charge in [-0.25, -0.2) is 0 Å². The number of hydrogen-bond donors (Lipinski definition) is 0. The van der Waals surface area contributed by atoms with E-state index in [2.05, 4.69) is 231 Å². The van der Waals surface area contributed by atoms with Crippen LogP contribution in [0.25, 0.3) is 71.6 Å². The molecule has 0 atom stereocenters. The minimum Gasteiger partial charge on any atom is -0.309 e. The molecular formula is C63H41N. The van der Waals surface area contributed by atoms with Gasteiger partial charge < -0.3 is 4.57 Å². The lowest BCUT2D eigenvalue weighted by Crippen LogP contribution is -2.43. The van der Waals surface area contributed by atoms with E-state index < -0.39 is 10.8 Å². The fraction of sp³-hybridized carbons (Fsp3) is 0.0794. The van der Waals surface area contributed by atoms with Gasteiger partial charge in [0.15, 0.2) is 0 Å². The SMILES string of the molecule is CC1(C)c2ccccc2-c2ccc(-n3c4cc5c(cc4c4c6ccccc6ccc43)-c3ccccc3C53c4ccccc4C4(c5ccccc5-c5ccccc54)c4ccccc43)cc21. The summed E-state index contributed by atoms with van der Waals surface area (Å²) < 4.78 is 2.58. The lowest BCUT2D eigenvalue weighted by Gasteiger charge is -2.48. The number of fused-ring (bicyclic) bond motifs is 24. The standard InChI is InChI=1S/C63H41N/c1-61(2)48-23-9-5-19-41(48)45-33-32-39(35-56(45)61)64-58-34-31-38-17-3-4-18-40(38)60(58)47-36-46-44-22-8-12-26-51(44)63(57(46)37-59(47)64)54-29-15-13-27-52(54)62(53-28-14-16-30-55(53)63)49-24-10-6-20-42(49)43-21-7-11-25-50(43)62/h3-37H,1-2H3. The van der Waals surface area contributed by atoms with E-state index in [0.29, 0.717) is 0 Å². The van der Waals surface area contributed by atoms with E-state index in [-0.39, 0.29) is 5.41 Å². The van der Waals surface area contributed by atoms with E-state index in [9.17, 15) is 0 Å². The fourth-order valence-corrected chi connectivity index (χ4v) is 13.6. The molecule has 0 amide bonds. The van der Waals surface area contributed by atoms with Crippen molar-refractivity contribution in [3.63, 3.8) is 0 Å². The van der Waals surface area contributed by atoms with E-state index in [1.54, 1.807) is 0 Å². The molecule has 1 heterocycles. The molecule has 1 aromatic heterocycles. The van der Waals surface area contributed by atoms with Crippen molar-refractivity contribution in [2.45, 2.75) is 30.1 Å². The maximum absolute atomic E-state index is 2.61. The Labute approximate surface area is 372 Å². The van der Waals surface area contributed by atoms with E-state index >= 15 is 0 Å². The molecule has 64 heavy (non-hydrogen) atoms. The normalized spacial score (nSPS) is 15.7. The van der Waals surface area contributed by atoms with Crippen molar-refractivity contribution in [2.75, 3.05) is 0 Å². The first-order valence-corrected chi connectivity index (χ1v) is 22.8. The predicted molar refractivity (Wildman–Crippen MR) is 264 cm³/mol. The monoisotopic (exact) mass is 811 g/mol. The van der Waals surface area contributed by atoms with Gasteiger partial charge in [0, 0.05) is 21.9 Å². The minimum atomic E-state index is -0.573. The molecule has 10 aromatic carbocycles. The van der Waals surface area contributed by atoms with E-state index in [1.165, 1.54) is 127 Å². The van der Waals surface area contributed by atoms with Crippen LogP contribution in [0.5, 0.6) is 0 Å². The lowest BCUT2D eigenvalue weighted by atomic mass is 9.52. The molecule has 11 aromatic rings. The number of aromatic nitrogens is 1. The van der Waals surface area contributed by atoms with E-state index in [4.69, 9.17) is 0 Å². The van der Waals surface area contributed by atoms with Gasteiger partial charge in [-0.1, -0.05) is 196 Å². The second kappa shape index (κ2) is 11.8. The molecule has 1 nitrogen and oxygen atoms in total. The highest BCUT2D eigenvalue weighted by molar-refractivity contribution is 6.22. The van der Waals surface area contributed by atoms with Crippen LogP contribution >= 0.6 is 0 Å². The maximum Gasteiger partial charge on any atom is 0.0720 e. The fourth-order valence-electron chi connectivity index (χ4n) is 13.6. The largest absolute Gasteiger partial charge is 0.309 e. The van der Waals surface area contributed by atoms with Gasteiger partial charge in [-0.2, -0.15) is 0 Å². The quantitative estimate of drug-likeness (QED) is 0.156. The van der Waals surface area contributed by atoms with Crippen molar-refractivity contribution in [1.29, 1.82) is 0 Å². The Morgan fingerprint density at radius 2 is 0.750 bits per heavy atom. The maximum atomic E-state index is 2.61. The summed E-state index contributed by atoms with van der Waals surface area (Å²) in [6.07, 6.45) is 0. The molecule has 1 heteroatoms. The summed E-state index contributed by atoms with van der Waals surface area (Å²) in [4.78, 5) is 0. The smallest absolute Gasteiger partial charge is 0.0720 e. The average Bonchev–Trinajstić information content (AvgIpc) is 4.01. The number of benzene rings is 10. The van der Waals surface area contributed by atoms with Gasteiger partial charge in [-0.3, -0.25) is 0 Å². The summed E-state index contributed by atoms with van der Waals surface area (Å²) in [6.45, 7) is 4.78. The molecule has 2 spiro atoms. The molecule has 0 radical (unpaired) electrons. The summed E-state index contributed by atoms with van der Waals surface area (Å²) in [5.41, 5.74) is 24.1. The molecular weight excluding hydrogens is 771 g/mol. The highest BCUT2D eigenvalue weighted by Gasteiger charge is 2.59. The Hall–Kier alpha value is -7.74. The van der Waals surface area contributed by atoms with Crippen LogP contribution in [0.3, 0.4) is 0 Å². The van der Waals surface area contributed by atoms with Crippen molar-refractivity contribution < 1.29 is 0 Å². The molecule has 0 fully saturated rings. The van der Waals surface area contributed by atoms with Gasteiger partial charge in [0.1, 0.15) is 0 Å². The van der Waals surface area contributed by atoms with Crippen LogP contribution in [0.4, 0.5) is 0 Å². The Kier molecular flexibility index (Phi) is 6.43. The van der Waals surface area contributed by atoms with Crippen molar-refractivity contribution in [2.24, 2.45) is 0 Å². The molecule has 0 unspecified atom stereocenters. The minimum absolute atomic E-state index is 0.122. The van der Waals surface area contributed by atoms with Crippen molar-refractivity contribution in [3.05, 3.63) is 268 Å². The highest BCUT2D eigenvalue weighted by Crippen LogP contribution is 2.68. The van der Waals surface area contributed by atoms with E-state index in [1.807, 2.05) is 0 Å². The third kappa shape index (κ3) is 3.88. The first-order chi connectivity index (χ1) is 31.5. The van der Waals surface area contributed by atoms with Crippen molar-refractivity contribution in [1.82, 2.24) is 4.57 Å². The predicted octanol–water partition coefficient (Wildman–Crippen LogP) is 15.3. The van der Waals surface area contributed by atoms with Crippen LogP contribution in [-0.2, 0) is 16.2 Å². The van der Waals surface area contributed by atoms with Gasteiger partial charge >= 0.3 is 0 Å². The average molecular weight is 812 g/mol. The topological polar surface area (TPSA) is 4.93 Å². The Morgan fingerprint density at radius 1 is 0.297 bits per heavy atom. The van der Waals surface area contributed by atoms with Crippen LogP contribution in [0.2, 0.25) is 0 Å². The zero-order valence-electron chi connectivity index (χ0n) is 35.7. The number of rotatable bonds is 1. The summed E-state index contributed by atoms with van der Waals surface area (Å²) >= 11 is 0. The molecule has 4 aliphatic rings. The third-order valence-electron chi connectivity index (χ3n) is 16.1. The van der Waals surface area contributed by atoms with Gasteiger partial charge in [-0.15, -0.1) is 0 Å². The summed E-state index contributed by atoms with van der Waals surface area (Å²) in [5, 5.41) is 5.13. The lowest BCUT2D eigenvalue weighted by molar-refractivity contribution is 0.633. The molecule has 0 saturated carbocycles. The summed E-state index contributed by atoms with van der Waals surface area (Å²) in [5.74, 6) is 0. The Morgan fingerprint density at radius 3 is 1.34 bits per heavy atom. The first kappa shape index (κ1) is 34.8. The van der Waals surface area contributed by atoms with Crippen molar-refractivity contribution >= 4 is 32.6 Å². The summed E-state index contributed by atoms with van der Waals surface area (Å²) in [7, 11) is 0. The van der Waals surface area contributed by atoms with Gasteiger partial charge in [0.05, 0.1) is 21.9 Å². The Balaban J connectivity index is 1.09. The second-order valence-corrected chi connectivity index (χ2v) is 19.1. The van der Waals surface area contributed by atoms with Gasteiger partial charge in [0.2, 0.25) is 0 Å². The zero-order valence-corrected chi connectivity index (χ0v) is 35.7. The van der Waals surface area contributed by atoms with Gasteiger partial charge in [0.25, 0.3) is 0 Å². The third-order valence-corrected chi connectivity index (χ3v) is 16.1. The van der Waals surface area contributed by atoms with Crippen LogP contribution in [-0.4, -0.2) is 4.57 Å². The summed E-state index contributed by atoms with van der Waals surface area (Å²) in [6, 6.07) is 81.5. The number of hydrogen-bond acceptors (Lipinski definition) is 0. The van der Waals surface area contributed by atoms with E-state index in [0.717, 1.165) is 0 Å². The second-order valence-electron chi connectivity index (χ2n) is 19.1.